The molecule has 0 aliphatic carbocycles. The van der Waals surface area contributed by atoms with Gasteiger partial charge in [0, 0.05) is 11.0 Å². The maximum absolute atomic E-state index is 13.3. The van der Waals surface area contributed by atoms with Crippen LogP contribution in [-0.2, 0) is 0 Å². The first kappa shape index (κ1) is 19.7. The number of rotatable bonds is 2. The van der Waals surface area contributed by atoms with Gasteiger partial charge >= 0.3 is 6.09 Å². The van der Waals surface area contributed by atoms with E-state index >= 15 is 0 Å². The number of carboxylic acid groups (broad SMARTS) is 1. The molecule has 0 spiro atoms. The summed E-state index contributed by atoms with van der Waals surface area (Å²) in [5, 5.41) is 10.1. The van der Waals surface area contributed by atoms with E-state index in [0.717, 1.165) is 15.6 Å². The molecule has 142 valence electrons. The Hall–Kier alpha value is -2.05. The third-order valence-electron chi connectivity index (χ3n) is 4.98. The molecule has 1 N–H and O–H groups in total. The standard InChI is InChI=1S/C20H20BrClN2O3/c1-4-14-10-23(19(25)15-6-5-13(21)9-16(15)22)17-7-11(2)12(3)8-18(17)24(14)20(26)27/h5-9,14H,4,10H2,1-3H3,(H,26,27). The molecular weight excluding hydrogens is 432 g/mol. The Bertz CT molecular complexity index is 932. The van der Waals surface area contributed by atoms with Crippen molar-refractivity contribution in [2.75, 3.05) is 16.3 Å². The van der Waals surface area contributed by atoms with Gasteiger partial charge in [0.05, 0.1) is 28.0 Å². The molecule has 1 aliphatic rings. The van der Waals surface area contributed by atoms with Crippen molar-refractivity contribution in [1.82, 2.24) is 0 Å². The van der Waals surface area contributed by atoms with Gasteiger partial charge in [-0.15, -0.1) is 0 Å². The molecule has 1 heterocycles. The van der Waals surface area contributed by atoms with Gasteiger partial charge in [0.15, 0.2) is 0 Å². The molecule has 0 saturated heterocycles. The molecule has 0 fully saturated rings. The summed E-state index contributed by atoms with van der Waals surface area (Å²) in [5.74, 6) is -0.236. The second-order valence-corrected chi connectivity index (χ2v) is 8.00. The average molecular weight is 452 g/mol. The van der Waals surface area contributed by atoms with Crippen LogP contribution in [0.4, 0.5) is 16.2 Å². The Balaban J connectivity index is 2.16. The van der Waals surface area contributed by atoms with Gasteiger partial charge in [-0.3, -0.25) is 9.69 Å². The van der Waals surface area contributed by atoms with Gasteiger partial charge in [0.1, 0.15) is 0 Å². The number of benzene rings is 2. The van der Waals surface area contributed by atoms with Gasteiger partial charge in [0.2, 0.25) is 0 Å². The number of hydrogen-bond donors (Lipinski definition) is 1. The first-order valence-electron chi connectivity index (χ1n) is 8.65. The lowest BCUT2D eigenvalue weighted by Gasteiger charge is -2.41. The molecule has 1 atom stereocenters. The Morgan fingerprint density at radius 1 is 1.19 bits per heavy atom. The minimum Gasteiger partial charge on any atom is -0.465 e. The zero-order valence-corrected chi connectivity index (χ0v) is 17.6. The lowest BCUT2D eigenvalue weighted by atomic mass is 9.99. The summed E-state index contributed by atoms with van der Waals surface area (Å²) in [4.78, 5) is 28.2. The van der Waals surface area contributed by atoms with Crippen LogP contribution in [-0.4, -0.2) is 29.7 Å². The molecule has 5 nitrogen and oxygen atoms in total. The number of halogens is 2. The molecule has 3 rings (SSSR count). The van der Waals surface area contributed by atoms with Crippen LogP contribution in [0.25, 0.3) is 0 Å². The van der Waals surface area contributed by atoms with Crippen molar-refractivity contribution in [2.24, 2.45) is 0 Å². The van der Waals surface area contributed by atoms with Crippen LogP contribution in [0.2, 0.25) is 5.02 Å². The predicted octanol–water partition coefficient (Wildman–Crippen LogP) is 5.64. The van der Waals surface area contributed by atoms with Crippen molar-refractivity contribution >= 4 is 50.9 Å². The summed E-state index contributed by atoms with van der Waals surface area (Å²) < 4.78 is 0.790. The minimum absolute atomic E-state index is 0.236. The number of fused-ring (bicyclic) bond motifs is 1. The first-order chi connectivity index (χ1) is 12.7. The third kappa shape index (κ3) is 3.56. The van der Waals surface area contributed by atoms with Crippen molar-refractivity contribution in [2.45, 2.75) is 33.2 Å². The number of carbonyl (C=O) groups is 2. The lowest BCUT2D eigenvalue weighted by molar-refractivity contribution is 0.0982. The first-order valence-corrected chi connectivity index (χ1v) is 9.82. The van der Waals surface area contributed by atoms with Crippen LogP contribution in [0.3, 0.4) is 0 Å². The number of hydrogen-bond acceptors (Lipinski definition) is 2. The third-order valence-corrected chi connectivity index (χ3v) is 5.79. The summed E-state index contributed by atoms with van der Waals surface area (Å²) >= 11 is 9.64. The summed E-state index contributed by atoms with van der Waals surface area (Å²) in [7, 11) is 0. The fraction of sp³-hybridized carbons (Fsp3) is 0.300. The number of anilines is 2. The van der Waals surface area contributed by atoms with Gasteiger partial charge in [-0.25, -0.2) is 4.79 Å². The van der Waals surface area contributed by atoms with Crippen molar-refractivity contribution in [3.05, 3.63) is 56.5 Å². The zero-order valence-electron chi connectivity index (χ0n) is 15.3. The highest BCUT2D eigenvalue weighted by Gasteiger charge is 2.37. The molecule has 0 bridgehead atoms. The molecular formula is C20H20BrClN2O3. The highest BCUT2D eigenvalue weighted by atomic mass is 79.9. The quantitative estimate of drug-likeness (QED) is 0.642. The molecule has 1 unspecified atom stereocenters. The predicted molar refractivity (Wildman–Crippen MR) is 111 cm³/mol. The van der Waals surface area contributed by atoms with E-state index in [1.165, 1.54) is 4.90 Å². The fourth-order valence-corrected chi connectivity index (χ4v) is 4.11. The van der Waals surface area contributed by atoms with Gasteiger partial charge in [0.25, 0.3) is 5.91 Å². The molecule has 2 aromatic carbocycles. The normalized spacial score (nSPS) is 16.3. The summed E-state index contributed by atoms with van der Waals surface area (Å²) in [5.41, 5.74) is 3.49. The van der Waals surface area contributed by atoms with Crippen LogP contribution >= 0.6 is 27.5 Å². The van der Waals surface area contributed by atoms with E-state index in [0.29, 0.717) is 28.4 Å². The highest BCUT2D eigenvalue weighted by molar-refractivity contribution is 9.10. The van der Waals surface area contributed by atoms with Gasteiger partial charge in [-0.05, 0) is 61.7 Å². The second-order valence-electron chi connectivity index (χ2n) is 6.68. The van der Waals surface area contributed by atoms with Gasteiger partial charge < -0.3 is 10.0 Å². The number of aryl methyl sites for hydroxylation is 2. The Kier molecular flexibility index (Phi) is 5.49. The van der Waals surface area contributed by atoms with E-state index in [2.05, 4.69) is 15.9 Å². The van der Waals surface area contributed by atoms with Crippen LogP contribution in [0.5, 0.6) is 0 Å². The zero-order chi connectivity index (χ0) is 19.9. The van der Waals surface area contributed by atoms with E-state index in [1.54, 1.807) is 23.1 Å². The Labute approximate surface area is 171 Å². The molecule has 2 aromatic rings. The maximum Gasteiger partial charge on any atom is 0.412 e. The lowest BCUT2D eigenvalue weighted by Crippen LogP contribution is -2.52. The van der Waals surface area contributed by atoms with E-state index in [9.17, 15) is 14.7 Å². The van der Waals surface area contributed by atoms with E-state index < -0.39 is 6.09 Å². The fourth-order valence-electron chi connectivity index (χ4n) is 3.35. The van der Waals surface area contributed by atoms with Crippen molar-refractivity contribution in [1.29, 1.82) is 0 Å². The van der Waals surface area contributed by atoms with Crippen molar-refractivity contribution in [3.63, 3.8) is 0 Å². The van der Waals surface area contributed by atoms with Crippen LogP contribution in [0, 0.1) is 13.8 Å². The van der Waals surface area contributed by atoms with Gasteiger partial charge in [-0.2, -0.15) is 0 Å². The monoisotopic (exact) mass is 450 g/mol. The molecule has 1 aliphatic heterocycles. The maximum atomic E-state index is 13.3. The Morgan fingerprint density at radius 2 is 1.81 bits per heavy atom. The van der Waals surface area contributed by atoms with Crippen LogP contribution < -0.4 is 9.80 Å². The highest BCUT2D eigenvalue weighted by Crippen LogP contribution is 2.39. The Morgan fingerprint density at radius 3 is 2.37 bits per heavy atom. The number of nitrogens with zero attached hydrogens (tertiary/aromatic N) is 2. The SMILES string of the molecule is CCC1CN(C(=O)c2ccc(Br)cc2Cl)c2cc(C)c(C)cc2N1C(=O)O. The number of carbonyl (C=O) groups excluding carboxylic acids is 1. The molecule has 0 saturated carbocycles. The summed E-state index contributed by atoms with van der Waals surface area (Å²) in [6, 6.07) is 8.52. The van der Waals surface area contributed by atoms with Gasteiger partial charge in [-0.1, -0.05) is 34.5 Å². The topological polar surface area (TPSA) is 60.9 Å². The average Bonchev–Trinajstić information content (AvgIpc) is 2.60. The molecule has 27 heavy (non-hydrogen) atoms. The molecule has 0 aromatic heterocycles. The summed E-state index contributed by atoms with van der Waals surface area (Å²) in [6.07, 6.45) is -0.420. The number of amides is 2. The van der Waals surface area contributed by atoms with E-state index in [1.807, 2.05) is 32.9 Å². The molecule has 2 amide bonds. The van der Waals surface area contributed by atoms with Crippen LogP contribution in [0.15, 0.2) is 34.8 Å². The van der Waals surface area contributed by atoms with Crippen LogP contribution in [0.1, 0.15) is 34.8 Å². The van der Waals surface area contributed by atoms with E-state index in [4.69, 9.17) is 11.6 Å². The smallest absolute Gasteiger partial charge is 0.412 e. The minimum atomic E-state index is -1.01. The largest absolute Gasteiger partial charge is 0.465 e. The summed E-state index contributed by atoms with van der Waals surface area (Å²) in [6.45, 7) is 6.08. The molecule has 7 heteroatoms. The van der Waals surface area contributed by atoms with Crippen molar-refractivity contribution < 1.29 is 14.7 Å². The molecule has 0 radical (unpaired) electrons. The van der Waals surface area contributed by atoms with E-state index in [-0.39, 0.29) is 18.5 Å². The van der Waals surface area contributed by atoms with Crippen molar-refractivity contribution in [3.8, 4) is 0 Å². The second kappa shape index (κ2) is 7.52.